The molecule has 0 unspecified atom stereocenters. The highest BCUT2D eigenvalue weighted by Crippen LogP contribution is 2.24. The molecule has 0 fully saturated rings. The second-order valence-corrected chi connectivity index (χ2v) is 7.68. The highest BCUT2D eigenvalue weighted by atomic mass is 19.1. The third-order valence-electron chi connectivity index (χ3n) is 4.98. The fourth-order valence-corrected chi connectivity index (χ4v) is 3.12. The van der Waals surface area contributed by atoms with Gasteiger partial charge in [0.2, 0.25) is 0 Å². The van der Waals surface area contributed by atoms with Crippen LogP contribution in [-0.4, -0.2) is 19.2 Å². The minimum atomic E-state index is -0.543. The Morgan fingerprint density at radius 3 is 1.97 bits per heavy atom. The van der Waals surface area contributed by atoms with Crippen molar-refractivity contribution < 1.29 is 23.4 Å². The molecule has 0 aliphatic heterocycles. The van der Waals surface area contributed by atoms with Crippen LogP contribution in [-0.2, 0) is 0 Å². The zero-order valence-electron chi connectivity index (χ0n) is 18.8. The molecule has 0 N–H and O–H groups in total. The summed E-state index contributed by atoms with van der Waals surface area (Å²) in [5.41, 5.74) is 0.381. The highest BCUT2D eigenvalue weighted by Gasteiger charge is 2.12. The van der Waals surface area contributed by atoms with Crippen molar-refractivity contribution in [2.24, 2.45) is 0 Å². The summed E-state index contributed by atoms with van der Waals surface area (Å²) in [7, 11) is 0. The molecule has 0 aliphatic carbocycles. The topological polar surface area (TPSA) is 44.8 Å². The summed E-state index contributed by atoms with van der Waals surface area (Å²) in [6, 6.07) is 11.0. The lowest BCUT2D eigenvalue weighted by atomic mass is 10.2. The molecule has 31 heavy (non-hydrogen) atoms. The normalized spacial score (nSPS) is 10.7. The Morgan fingerprint density at radius 2 is 1.32 bits per heavy atom. The Labute approximate surface area is 185 Å². The van der Waals surface area contributed by atoms with E-state index in [-0.39, 0.29) is 11.5 Å². The number of carbonyl (C=O) groups excluding carboxylic acids is 1. The molecule has 2 rings (SSSR count). The predicted octanol–water partition coefficient (Wildman–Crippen LogP) is 7.35. The summed E-state index contributed by atoms with van der Waals surface area (Å²) in [6.45, 7) is 5.47. The molecule has 0 atom stereocenters. The number of unbranched alkanes of at least 4 members (excludes halogenated alkanes) is 7. The molecule has 2 aromatic rings. The van der Waals surface area contributed by atoms with Crippen LogP contribution in [0.1, 0.15) is 82.0 Å². The fraction of sp³-hybridized carbons (Fsp3) is 0.500. The lowest BCUT2D eigenvalue weighted by Crippen LogP contribution is -2.09. The first-order chi connectivity index (χ1) is 15.1. The fourth-order valence-electron chi connectivity index (χ4n) is 3.12. The number of rotatable bonds is 15. The van der Waals surface area contributed by atoms with Crippen LogP contribution in [0.4, 0.5) is 4.39 Å². The minimum Gasteiger partial charge on any atom is -0.494 e. The summed E-state index contributed by atoms with van der Waals surface area (Å²) in [5, 5.41) is 0. The average molecular weight is 431 g/mol. The van der Waals surface area contributed by atoms with Gasteiger partial charge in [0.25, 0.3) is 0 Å². The number of carbonyl (C=O) groups is 1. The monoisotopic (exact) mass is 430 g/mol. The maximum atomic E-state index is 14.2. The van der Waals surface area contributed by atoms with Gasteiger partial charge in [-0.2, -0.15) is 0 Å². The van der Waals surface area contributed by atoms with E-state index in [1.807, 2.05) is 0 Å². The number of hydrogen-bond acceptors (Lipinski definition) is 4. The van der Waals surface area contributed by atoms with Crippen molar-refractivity contribution in [3.05, 3.63) is 53.8 Å². The van der Waals surface area contributed by atoms with Crippen molar-refractivity contribution in [1.82, 2.24) is 0 Å². The van der Waals surface area contributed by atoms with Crippen molar-refractivity contribution in [3.8, 4) is 17.2 Å². The van der Waals surface area contributed by atoms with Gasteiger partial charge in [-0.3, -0.25) is 0 Å². The maximum absolute atomic E-state index is 14.2. The molecule has 0 aromatic heterocycles. The third-order valence-corrected chi connectivity index (χ3v) is 4.98. The van der Waals surface area contributed by atoms with E-state index in [1.54, 1.807) is 30.3 Å². The van der Waals surface area contributed by atoms with Crippen LogP contribution in [0.5, 0.6) is 17.2 Å². The number of halogens is 1. The third kappa shape index (κ3) is 9.41. The lowest BCUT2D eigenvalue weighted by Gasteiger charge is -2.10. The quantitative estimate of drug-likeness (QED) is 0.168. The SMILES string of the molecule is CCCCCCCOc1ccc(C(=O)Oc2ccc(OCCCCCC)c(F)c2)cc1. The van der Waals surface area contributed by atoms with E-state index < -0.39 is 11.8 Å². The number of ether oxygens (including phenoxy) is 3. The Kier molecular flexibility index (Phi) is 11.5. The first-order valence-corrected chi connectivity index (χ1v) is 11.5. The zero-order chi connectivity index (χ0) is 22.3. The predicted molar refractivity (Wildman–Crippen MR) is 122 cm³/mol. The molecular formula is C26H35FO4. The summed E-state index contributed by atoms with van der Waals surface area (Å²) in [6.07, 6.45) is 10.1. The van der Waals surface area contributed by atoms with Gasteiger partial charge in [0, 0.05) is 6.07 Å². The largest absolute Gasteiger partial charge is 0.494 e. The van der Waals surface area contributed by atoms with Gasteiger partial charge in [0.15, 0.2) is 11.6 Å². The summed E-state index contributed by atoms with van der Waals surface area (Å²) < 4.78 is 30.7. The van der Waals surface area contributed by atoms with Crippen LogP contribution in [0.25, 0.3) is 0 Å². The van der Waals surface area contributed by atoms with Crippen molar-refractivity contribution in [1.29, 1.82) is 0 Å². The van der Waals surface area contributed by atoms with Crippen molar-refractivity contribution in [2.45, 2.75) is 71.6 Å². The van der Waals surface area contributed by atoms with Crippen LogP contribution >= 0.6 is 0 Å². The Morgan fingerprint density at radius 1 is 0.742 bits per heavy atom. The first kappa shape index (κ1) is 24.7. The summed E-state index contributed by atoms with van der Waals surface area (Å²) in [5.74, 6) is -0.0403. The maximum Gasteiger partial charge on any atom is 0.343 e. The lowest BCUT2D eigenvalue weighted by molar-refractivity contribution is 0.0734. The van der Waals surface area contributed by atoms with Crippen molar-refractivity contribution >= 4 is 5.97 Å². The standard InChI is InChI=1S/C26H35FO4/c1-3-5-7-9-11-18-29-22-14-12-21(13-15-22)26(28)31-23-16-17-25(24(27)20-23)30-19-10-8-6-4-2/h12-17,20H,3-11,18-19H2,1-2H3. The van der Waals surface area contributed by atoms with Crippen molar-refractivity contribution in [2.75, 3.05) is 13.2 Å². The van der Waals surface area contributed by atoms with E-state index in [2.05, 4.69) is 13.8 Å². The number of esters is 1. The van der Waals surface area contributed by atoms with Crippen LogP contribution < -0.4 is 14.2 Å². The molecule has 170 valence electrons. The zero-order valence-corrected chi connectivity index (χ0v) is 18.8. The second-order valence-electron chi connectivity index (χ2n) is 7.68. The Hall–Kier alpha value is -2.56. The molecule has 0 aliphatic rings. The van der Waals surface area contributed by atoms with Gasteiger partial charge >= 0.3 is 5.97 Å². The smallest absolute Gasteiger partial charge is 0.343 e. The van der Waals surface area contributed by atoms with E-state index in [4.69, 9.17) is 14.2 Å². The molecule has 4 nitrogen and oxygen atoms in total. The van der Waals surface area contributed by atoms with Crippen LogP contribution in [0.3, 0.4) is 0 Å². The van der Waals surface area contributed by atoms with Gasteiger partial charge in [-0.05, 0) is 49.2 Å². The molecule has 2 aromatic carbocycles. The molecule has 5 heteroatoms. The molecule has 0 radical (unpaired) electrons. The number of benzene rings is 2. The molecule has 0 saturated heterocycles. The van der Waals surface area contributed by atoms with E-state index in [9.17, 15) is 9.18 Å². The molecule has 0 heterocycles. The summed E-state index contributed by atoms with van der Waals surface area (Å²) >= 11 is 0. The Bertz CT molecular complexity index is 773. The van der Waals surface area contributed by atoms with Crippen molar-refractivity contribution in [3.63, 3.8) is 0 Å². The van der Waals surface area contributed by atoms with E-state index in [1.165, 1.54) is 31.4 Å². The molecule has 0 spiro atoms. The van der Waals surface area contributed by atoms with Gasteiger partial charge in [-0.1, -0.05) is 58.8 Å². The second kappa shape index (κ2) is 14.4. The van der Waals surface area contributed by atoms with Crippen LogP contribution in [0.15, 0.2) is 42.5 Å². The van der Waals surface area contributed by atoms with Crippen LogP contribution in [0.2, 0.25) is 0 Å². The van der Waals surface area contributed by atoms with Gasteiger partial charge in [0.05, 0.1) is 18.8 Å². The molecular weight excluding hydrogens is 395 g/mol. The highest BCUT2D eigenvalue weighted by molar-refractivity contribution is 5.91. The van der Waals surface area contributed by atoms with E-state index in [0.29, 0.717) is 18.8 Å². The van der Waals surface area contributed by atoms with E-state index >= 15 is 0 Å². The van der Waals surface area contributed by atoms with Gasteiger partial charge in [-0.15, -0.1) is 0 Å². The average Bonchev–Trinajstić information content (AvgIpc) is 2.77. The van der Waals surface area contributed by atoms with Gasteiger partial charge in [0.1, 0.15) is 11.5 Å². The first-order valence-electron chi connectivity index (χ1n) is 11.5. The summed E-state index contributed by atoms with van der Waals surface area (Å²) in [4.78, 5) is 12.3. The van der Waals surface area contributed by atoms with Gasteiger partial charge in [-0.25, -0.2) is 9.18 Å². The Balaban J connectivity index is 1.78. The molecule has 0 amide bonds. The molecule has 0 saturated carbocycles. The minimum absolute atomic E-state index is 0.147. The van der Waals surface area contributed by atoms with E-state index in [0.717, 1.165) is 44.3 Å². The number of hydrogen-bond donors (Lipinski definition) is 0. The van der Waals surface area contributed by atoms with Crippen LogP contribution in [0, 0.1) is 5.82 Å². The van der Waals surface area contributed by atoms with Gasteiger partial charge < -0.3 is 14.2 Å². The molecule has 0 bridgehead atoms.